The van der Waals surface area contributed by atoms with Gasteiger partial charge in [-0.15, -0.1) is 11.8 Å². The number of nitrogens with one attached hydrogen (secondary N) is 1. The van der Waals surface area contributed by atoms with Gasteiger partial charge in [-0.1, -0.05) is 11.8 Å². The Kier molecular flexibility index (Phi) is 6.92. The second-order valence-electron chi connectivity index (χ2n) is 7.38. The van der Waals surface area contributed by atoms with Gasteiger partial charge in [-0.3, -0.25) is 4.79 Å². The first-order chi connectivity index (χ1) is 14.2. The Bertz CT molecular complexity index is 834. The minimum absolute atomic E-state index is 0.148. The molecule has 1 saturated carbocycles. The van der Waals surface area contributed by atoms with Crippen LogP contribution in [0.3, 0.4) is 0 Å². The molecule has 6 nitrogen and oxygen atoms in total. The molecule has 29 heavy (non-hydrogen) atoms. The molecule has 1 aliphatic carbocycles. The lowest BCUT2D eigenvalue weighted by Gasteiger charge is -2.28. The van der Waals surface area contributed by atoms with Gasteiger partial charge in [0.15, 0.2) is 16.7 Å². The van der Waals surface area contributed by atoms with Crippen LogP contribution >= 0.6 is 23.5 Å². The topological polar surface area (TPSA) is 65.4 Å². The van der Waals surface area contributed by atoms with E-state index in [0.717, 1.165) is 53.0 Å². The van der Waals surface area contributed by atoms with Crippen molar-refractivity contribution in [2.75, 3.05) is 19.0 Å². The largest absolute Gasteiger partial charge is 0.486 e. The molecule has 0 bridgehead atoms. The summed E-state index contributed by atoms with van der Waals surface area (Å²) in [5.74, 6) is 2.51. The fourth-order valence-electron chi connectivity index (χ4n) is 3.61. The van der Waals surface area contributed by atoms with E-state index in [9.17, 15) is 4.79 Å². The smallest absolute Gasteiger partial charge is 0.221 e. The van der Waals surface area contributed by atoms with E-state index in [4.69, 9.17) is 9.47 Å². The van der Waals surface area contributed by atoms with E-state index in [0.29, 0.717) is 30.9 Å². The maximum absolute atomic E-state index is 12.3. The summed E-state index contributed by atoms with van der Waals surface area (Å²) in [5, 5.41) is 4.89. The van der Waals surface area contributed by atoms with Crippen LogP contribution in [0.1, 0.15) is 32.1 Å². The van der Waals surface area contributed by atoms with Crippen LogP contribution in [0.15, 0.2) is 40.6 Å². The van der Waals surface area contributed by atoms with E-state index in [1.54, 1.807) is 11.8 Å². The number of aromatic nitrogens is 2. The van der Waals surface area contributed by atoms with Crippen molar-refractivity contribution in [2.24, 2.45) is 7.05 Å². The zero-order valence-electron chi connectivity index (χ0n) is 16.6. The molecule has 1 fully saturated rings. The summed E-state index contributed by atoms with van der Waals surface area (Å²) in [7, 11) is 2.03. The molecule has 1 amide bonds. The molecule has 0 radical (unpaired) electrons. The first kappa shape index (κ1) is 20.5. The third kappa shape index (κ3) is 5.63. The molecular formula is C21H27N3O3S2. The summed E-state index contributed by atoms with van der Waals surface area (Å²) >= 11 is 3.54. The van der Waals surface area contributed by atoms with E-state index in [1.807, 2.05) is 49.4 Å². The summed E-state index contributed by atoms with van der Waals surface area (Å²) in [6.07, 6.45) is 8.69. The van der Waals surface area contributed by atoms with Crippen LogP contribution in [0, 0.1) is 0 Å². The van der Waals surface area contributed by atoms with Gasteiger partial charge in [0, 0.05) is 47.8 Å². The average Bonchev–Trinajstić information content (AvgIpc) is 3.14. The minimum atomic E-state index is 0.148. The van der Waals surface area contributed by atoms with Gasteiger partial charge >= 0.3 is 0 Å². The summed E-state index contributed by atoms with van der Waals surface area (Å²) < 4.78 is 13.2. The number of amides is 1. The van der Waals surface area contributed by atoms with Gasteiger partial charge in [-0.25, -0.2) is 4.98 Å². The Labute approximate surface area is 180 Å². The Morgan fingerprint density at radius 2 is 2.00 bits per heavy atom. The molecule has 0 unspecified atom stereocenters. The van der Waals surface area contributed by atoms with Crippen molar-refractivity contribution in [3.05, 3.63) is 30.6 Å². The van der Waals surface area contributed by atoms with Gasteiger partial charge in [0.05, 0.1) is 0 Å². The van der Waals surface area contributed by atoms with E-state index in [2.05, 4.69) is 14.9 Å². The second kappa shape index (κ2) is 9.80. The van der Waals surface area contributed by atoms with Crippen LogP contribution in [0.25, 0.3) is 0 Å². The maximum atomic E-state index is 12.3. The van der Waals surface area contributed by atoms with Gasteiger partial charge in [0.25, 0.3) is 0 Å². The zero-order valence-corrected chi connectivity index (χ0v) is 18.3. The quantitative estimate of drug-likeness (QED) is 0.668. The number of imidazole rings is 1. The van der Waals surface area contributed by atoms with E-state index < -0.39 is 0 Å². The number of carbonyl (C=O) groups excluding carboxylic acids is 1. The van der Waals surface area contributed by atoms with Gasteiger partial charge in [0.1, 0.15) is 13.2 Å². The van der Waals surface area contributed by atoms with Gasteiger partial charge in [-0.05, 0) is 43.9 Å². The average molecular weight is 434 g/mol. The highest BCUT2D eigenvalue weighted by atomic mass is 32.2. The monoisotopic (exact) mass is 433 g/mol. The molecule has 0 spiro atoms. The van der Waals surface area contributed by atoms with Crippen LogP contribution in [0.2, 0.25) is 0 Å². The SMILES string of the molecule is Cn1ccnc1SC1CCC(NC(=O)CCSc2ccc3c(c2)OCCO3)CC1. The number of nitrogens with zero attached hydrogens (tertiary/aromatic N) is 2. The molecule has 1 aliphatic heterocycles. The molecule has 2 aliphatic rings. The third-order valence-corrected chi connectivity index (χ3v) is 7.60. The van der Waals surface area contributed by atoms with Crippen molar-refractivity contribution in [1.29, 1.82) is 0 Å². The van der Waals surface area contributed by atoms with E-state index in [1.165, 1.54) is 0 Å². The Balaban J connectivity index is 1.15. The van der Waals surface area contributed by atoms with Crippen molar-refractivity contribution >= 4 is 29.4 Å². The highest BCUT2D eigenvalue weighted by molar-refractivity contribution is 7.99. The first-order valence-corrected chi connectivity index (χ1v) is 12.0. The number of hydrogen-bond donors (Lipinski definition) is 1. The molecule has 0 atom stereocenters. The molecule has 1 N–H and O–H groups in total. The number of hydrogen-bond acceptors (Lipinski definition) is 6. The standard InChI is InChI=1S/C21H27N3O3S2/c1-24-10-9-22-21(24)29-16-4-2-15(3-5-16)23-20(25)8-13-28-17-6-7-18-19(14-17)27-12-11-26-18/h6-7,9-10,14-16H,2-5,8,11-13H2,1H3,(H,23,25). The summed E-state index contributed by atoms with van der Waals surface area (Å²) in [5.41, 5.74) is 0. The highest BCUT2D eigenvalue weighted by Crippen LogP contribution is 2.35. The summed E-state index contributed by atoms with van der Waals surface area (Å²) in [6.45, 7) is 1.19. The summed E-state index contributed by atoms with van der Waals surface area (Å²) in [4.78, 5) is 17.8. The lowest BCUT2D eigenvalue weighted by Crippen LogP contribution is -2.38. The first-order valence-electron chi connectivity index (χ1n) is 10.1. The number of ether oxygens (including phenoxy) is 2. The Morgan fingerprint density at radius 3 is 2.76 bits per heavy atom. The fraction of sp³-hybridized carbons (Fsp3) is 0.524. The molecule has 8 heteroatoms. The van der Waals surface area contributed by atoms with Gasteiger partial charge in [0.2, 0.25) is 5.91 Å². The molecule has 156 valence electrons. The fourth-order valence-corrected chi connectivity index (χ4v) is 5.65. The number of carbonyl (C=O) groups is 1. The van der Waals surface area contributed by atoms with Crippen molar-refractivity contribution < 1.29 is 14.3 Å². The molecule has 1 aromatic carbocycles. The lowest BCUT2D eigenvalue weighted by atomic mass is 9.95. The molecule has 2 aromatic rings. The van der Waals surface area contributed by atoms with Crippen LogP contribution in [-0.4, -0.2) is 45.7 Å². The van der Waals surface area contributed by atoms with E-state index in [-0.39, 0.29) is 5.91 Å². The van der Waals surface area contributed by atoms with Crippen molar-refractivity contribution in [2.45, 2.75) is 53.4 Å². The van der Waals surface area contributed by atoms with Crippen molar-refractivity contribution in [1.82, 2.24) is 14.9 Å². The number of thioether (sulfide) groups is 2. The van der Waals surface area contributed by atoms with Crippen LogP contribution in [0.5, 0.6) is 11.5 Å². The second-order valence-corrected chi connectivity index (χ2v) is 9.82. The number of fused-ring (bicyclic) bond motifs is 1. The van der Waals surface area contributed by atoms with Gasteiger partial charge < -0.3 is 19.4 Å². The normalized spacial score (nSPS) is 21.0. The number of rotatable bonds is 7. The van der Waals surface area contributed by atoms with Crippen LogP contribution in [0.4, 0.5) is 0 Å². The lowest BCUT2D eigenvalue weighted by molar-refractivity contribution is -0.121. The Hall–Kier alpha value is -1.80. The molecule has 0 saturated heterocycles. The van der Waals surface area contributed by atoms with E-state index >= 15 is 0 Å². The third-order valence-electron chi connectivity index (χ3n) is 5.20. The molecule has 1 aromatic heterocycles. The molecule has 2 heterocycles. The van der Waals surface area contributed by atoms with Crippen LogP contribution in [-0.2, 0) is 11.8 Å². The number of benzene rings is 1. The highest BCUT2D eigenvalue weighted by Gasteiger charge is 2.24. The van der Waals surface area contributed by atoms with Crippen LogP contribution < -0.4 is 14.8 Å². The molecule has 4 rings (SSSR count). The Morgan fingerprint density at radius 1 is 1.21 bits per heavy atom. The molecular weight excluding hydrogens is 406 g/mol. The van der Waals surface area contributed by atoms with Crippen molar-refractivity contribution in [3.63, 3.8) is 0 Å². The predicted octanol–water partition coefficient (Wildman–Crippen LogP) is 3.89. The minimum Gasteiger partial charge on any atom is -0.486 e. The maximum Gasteiger partial charge on any atom is 0.221 e. The predicted molar refractivity (Wildman–Crippen MR) is 116 cm³/mol. The van der Waals surface area contributed by atoms with Crippen molar-refractivity contribution in [3.8, 4) is 11.5 Å². The zero-order chi connectivity index (χ0) is 20.1. The summed E-state index contributed by atoms with van der Waals surface area (Å²) in [6, 6.07) is 6.27. The van der Waals surface area contributed by atoms with Gasteiger partial charge in [-0.2, -0.15) is 0 Å². The number of aryl methyl sites for hydroxylation is 1.